The summed E-state index contributed by atoms with van der Waals surface area (Å²) in [6.45, 7) is 3.97. The molecule has 0 fully saturated rings. The molecule has 2 aromatic rings. The molecule has 0 atom stereocenters. The van der Waals surface area contributed by atoms with Crippen LogP contribution in [0.15, 0.2) is 18.2 Å². The lowest BCUT2D eigenvalue weighted by Gasteiger charge is -2.07. The first-order chi connectivity index (χ1) is 7.63. The first kappa shape index (κ1) is 11.3. The minimum Gasteiger partial charge on any atom is -0.235 e. The summed E-state index contributed by atoms with van der Waals surface area (Å²) in [6, 6.07) is 5.01. The maximum absolute atomic E-state index is 13.6. The van der Waals surface area contributed by atoms with Gasteiger partial charge >= 0.3 is 0 Å². The highest BCUT2D eigenvalue weighted by atomic mass is 35.5. The van der Waals surface area contributed by atoms with Gasteiger partial charge < -0.3 is 0 Å². The van der Waals surface area contributed by atoms with Crippen molar-refractivity contribution < 1.29 is 4.39 Å². The third-order valence-electron chi connectivity index (χ3n) is 2.68. The van der Waals surface area contributed by atoms with Crippen molar-refractivity contribution in [1.29, 1.82) is 0 Å². The van der Waals surface area contributed by atoms with Gasteiger partial charge in [0.25, 0.3) is 0 Å². The topological polar surface area (TPSA) is 12.9 Å². The van der Waals surface area contributed by atoms with Gasteiger partial charge in [-0.15, -0.1) is 0 Å². The highest BCUT2D eigenvalue weighted by Crippen LogP contribution is 2.25. The minimum absolute atomic E-state index is 0.234. The van der Waals surface area contributed by atoms with Gasteiger partial charge in [0.1, 0.15) is 11.0 Å². The number of aromatic nitrogens is 1. The Balaban J connectivity index is 2.73. The lowest BCUT2D eigenvalue weighted by atomic mass is 10.1. The van der Waals surface area contributed by atoms with Crippen LogP contribution in [0.1, 0.15) is 24.5 Å². The van der Waals surface area contributed by atoms with Gasteiger partial charge in [-0.05, 0) is 36.6 Å². The van der Waals surface area contributed by atoms with Gasteiger partial charge in [0.2, 0.25) is 0 Å². The average Bonchev–Trinajstić information content (AvgIpc) is 2.26. The highest BCUT2D eigenvalue weighted by Gasteiger charge is 2.09. The number of nitrogens with zero attached hydrogens (tertiary/aromatic N) is 1. The highest BCUT2D eigenvalue weighted by molar-refractivity contribution is 6.30. The summed E-state index contributed by atoms with van der Waals surface area (Å²) in [5.74, 6) is -0.234. The molecule has 0 saturated carbocycles. The number of hydrogen-bond acceptors (Lipinski definition) is 1. The van der Waals surface area contributed by atoms with Crippen molar-refractivity contribution in [2.45, 2.75) is 26.7 Å². The Bertz CT molecular complexity index is 537. The van der Waals surface area contributed by atoms with E-state index < -0.39 is 0 Å². The molecular weight excluding hydrogens is 225 g/mol. The van der Waals surface area contributed by atoms with Crippen LogP contribution in [-0.2, 0) is 6.42 Å². The smallest absolute Gasteiger partial charge is 0.132 e. The van der Waals surface area contributed by atoms with E-state index in [0.29, 0.717) is 16.1 Å². The van der Waals surface area contributed by atoms with Gasteiger partial charge in [-0.2, -0.15) is 0 Å². The van der Waals surface area contributed by atoms with Gasteiger partial charge in [-0.25, -0.2) is 9.37 Å². The molecule has 0 saturated heterocycles. The SMILES string of the molecule is CCCc1cc2c(F)ccc(C)c2nc1Cl. The molecule has 16 heavy (non-hydrogen) atoms. The summed E-state index contributed by atoms with van der Waals surface area (Å²) in [6.07, 6.45) is 1.80. The molecule has 0 spiro atoms. The van der Waals surface area contributed by atoms with Crippen LogP contribution in [0.4, 0.5) is 4.39 Å². The van der Waals surface area contributed by atoms with E-state index in [1.165, 1.54) is 6.07 Å². The molecule has 0 N–H and O–H groups in total. The van der Waals surface area contributed by atoms with Crippen molar-refractivity contribution in [2.75, 3.05) is 0 Å². The van der Waals surface area contributed by atoms with E-state index in [-0.39, 0.29) is 5.82 Å². The van der Waals surface area contributed by atoms with Crippen LogP contribution in [0.3, 0.4) is 0 Å². The quantitative estimate of drug-likeness (QED) is 0.710. The Morgan fingerprint density at radius 1 is 1.38 bits per heavy atom. The zero-order chi connectivity index (χ0) is 11.7. The van der Waals surface area contributed by atoms with Crippen molar-refractivity contribution in [3.63, 3.8) is 0 Å². The monoisotopic (exact) mass is 237 g/mol. The van der Waals surface area contributed by atoms with Crippen LogP contribution in [-0.4, -0.2) is 4.98 Å². The Morgan fingerprint density at radius 3 is 2.81 bits per heavy atom. The summed E-state index contributed by atoms with van der Waals surface area (Å²) in [4.78, 5) is 4.28. The number of hydrogen-bond donors (Lipinski definition) is 0. The molecule has 1 aromatic carbocycles. The molecule has 0 unspecified atom stereocenters. The number of halogens is 2. The molecule has 1 aromatic heterocycles. The second-order valence-electron chi connectivity index (χ2n) is 3.95. The summed E-state index contributed by atoms with van der Waals surface area (Å²) in [7, 11) is 0. The maximum Gasteiger partial charge on any atom is 0.132 e. The van der Waals surface area contributed by atoms with Crippen LogP contribution in [0, 0.1) is 12.7 Å². The van der Waals surface area contributed by atoms with Crippen LogP contribution in [0.2, 0.25) is 5.15 Å². The fourth-order valence-electron chi connectivity index (χ4n) is 1.83. The second-order valence-corrected chi connectivity index (χ2v) is 4.31. The van der Waals surface area contributed by atoms with Crippen LogP contribution in [0.5, 0.6) is 0 Å². The largest absolute Gasteiger partial charge is 0.235 e. The standard InChI is InChI=1S/C13H13ClFN/c1-3-4-9-7-10-11(15)6-5-8(2)12(10)16-13(9)14/h5-7H,3-4H2,1-2H3. The molecule has 84 valence electrons. The third-order valence-corrected chi connectivity index (χ3v) is 3.01. The Morgan fingerprint density at radius 2 is 2.12 bits per heavy atom. The Hall–Kier alpha value is -1.15. The van der Waals surface area contributed by atoms with E-state index >= 15 is 0 Å². The molecule has 2 rings (SSSR count). The zero-order valence-corrected chi connectivity index (χ0v) is 10.1. The van der Waals surface area contributed by atoms with E-state index in [4.69, 9.17) is 11.6 Å². The van der Waals surface area contributed by atoms with E-state index in [0.717, 1.165) is 24.0 Å². The molecule has 0 amide bonds. The minimum atomic E-state index is -0.234. The van der Waals surface area contributed by atoms with Crippen LogP contribution >= 0.6 is 11.6 Å². The predicted octanol–water partition coefficient (Wildman–Crippen LogP) is 4.29. The fourth-order valence-corrected chi connectivity index (χ4v) is 2.06. The first-order valence-electron chi connectivity index (χ1n) is 5.37. The first-order valence-corrected chi connectivity index (χ1v) is 5.75. The third kappa shape index (κ3) is 1.90. The van der Waals surface area contributed by atoms with Crippen LogP contribution in [0.25, 0.3) is 10.9 Å². The van der Waals surface area contributed by atoms with Gasteiger partial charge in [-0.3, -0.25) is 0 Å². The van der Waals surface area contributed by atoms with E-state index in [1.807, 2.05) is 13.0 Å². The van der Waals surface area contributed by atoms with Crippen molar-refractivity contribution in [3.8, 4) is 0 Å². The number of benzene rings is 1. The lowest BCUT2D eigenvalue weighted by Crippen LogP contribution is -1.93. The van der Waals surface area contributed by atoms with Crippen molar-refractivity contribution in [3.05, 3.63) is 40.3 Å². The molecule has 0 bridgehead atoms. The number of pyridine rings is 1. The van der Waals surface area contributed by atoms with Gasteiger partial charge in [-0.1, -0.05) is 31.0 Å². The Labute approximate surface area is 99.3 Å². The molecule has 1 heterocycles. The number of fused-ring (bicyclic) bond motifs is 1. The molecule has 0 aliphatic carbocycles. The van der Waals surface area contributed by atoms with Crippen LogP contribution < -0.4 is 0 Å². The van der Waals surface area contributed by atoms with Gasteiger partial charge in [0.15, 0.2) is 0 Å². The van der Waals surface area contributed by atoms with Gasteiger partial charge in [0.05, 0.1) is 5.52 Å². The zero-order valence-electron chi connectivity index (χ0n) is 9.35. The Kier molecular flexibility index (Phi) is 3.10. The summed E-state index contributed by atoms with van der Waals surface area (Å²) in [5, 5.41) is 1.05. The number of aryl methyl sites for hydroxylation is 2. The summed E-state index contributed by atoms with van der Waals surface area (Å²) >= 11 is 6.07. The summed E-state index contributed by atoms with van der Waals surface area (Å²) in [5.41, 5.74) is 2.52. The average molecular weight is 238 g/mol. The normalized spacial score (nSPS) is 11.0. The van der Waals surface area contributed by atoms with Crippen molar-refractivity contribution in [2.24, 2.45) is 0 Å². The lowest BCUT2D eigenvalue weighted by molar-refractivity contribution is 0.639. The molecule has 0 aliphatic rings. The van der Waals surface area contributed by atoms with Crippen molar-refractivity contribution >= 4 is 22.5 Å². The molecule has 3 heteroatoms. The molecule has 0 aliphatic heterocycles. The van der Waals surface area contributed by atoms with Crippen molar-refractivity contribution in [1.82, 2.24) is 4.98 Å². The molecule has 1 nitrogen and oxygen atoms in total. The molecule has 0 radical (unpaired) electrons. The van der Waals surface area contributed by atoms with E-state index in [2.05, 4.69) is 11.9 Å². The van der Waals surface area contributed by atoms with Gasteiger partial charge in [0, 0.05) is 5.39 Å². The molecular formula is C13H13ClFN. The second kappa shape index (κ2) is 4.38. The van der Waals surface area contributed by atoms with E-state index in [1.54, 1.807) is 6.07 Å². The predicted molar refractivity (Wildman–Crippen MR) is 65.4 cm³/mol. The summed E-state index contributed by atoms with van der Waals surface area (Å²) < 4.78 is 13.6. The fraction of sp³-hybridized carbons (Fsp3) is 0.308. The number of rotatable bonds is 2. The maximum atomic E-state index is 13.6. The van der Waals surface area contributed by atoms with E-state index in [9.17, 15) is 4.39 Å².